The Kier molecular flexibility index (Phi) is 7.27. The van der Waals surface area contributed by atoms with Gasteiger partial charge in [0.05, 0.1) is 6.44 Å². The molecule has 152 valence electrons. The SMILES string of the molecule is O=C(NCB(O)O)C(CCc1ccccc1)NC(=O)N1CCc2ccccc2C1. The molecule has 3 rings (SSSR count). The van der Waals surface area contributed by atoms with E-state index in [4.69, 9.17) is 10.0 Å². The molecular formula is C21H26BN3O4. The predicted octanol–water partition coefficient (Wildman–Crippen LogP) is 0.884. The molecule has 0 bridgehead atoms. The van der Waals surface area contributed by atoms with Crippen LogP contribution in [0.1, 0.15) is 23.1 Å². The summed E-state index contributed by atoms with van der Waals surface area (Å²) in [6, 6.07) is 16.7. The van der Waals surface area contributed by atoms with Crippen molar-refractivity contribution in [3.05, 3.63) is 71.3 Å². The summed E-state index contributed by atoms with van der Waals surface area (Å²) in [5.41, 5.74) is 3.42. The van der Waals surface area contributed by atoms with Crippen molar-refractivity contribution in [2.75, 3.05) is 13.0 Å². The van der Waals surface area contributed by atoms with Crippen LogP contribution in [-0.2, 0) is 24.2 Å². The van der Waals surface area contributed by atoms with Gasteiger partial charge in [0.2, 0.25) is 5.91 Å². The summed E-state index contributed by atoms with van der Waals surface area (Å²) >= 11 is 0. The molecule has 0 spiro atoms. The maximum absolute atomic E-state index is 12.8. The van der Waals surface area contributed by atoms with Crippen molar-refractivity contribution >= 4 is 19.1 Å². The number of urea groups is 1. The van der Waals surface area contributed by atoms with Crippen molar-refractivity contribution in [2.45, 2.75) is 31.8 Å². The second-order valence-corrected chi connectivity index (χ2v) is 7.19. The molecule has 1 unspecified atom stereocenters. The highest BCUT2D eigenvalue weighted by Gasteiger charge is 2.26. The minimum Gasteiger partial charge on any atom is -0.426 e. The highest BCUT2D eigenvalue weighted by atomic mass is 16.4. The summed E-state index contributed by atoms with van der Waals surface area (Å²) in [6.45, 7) is 1.09. The summed E-state index contributed by atoms with van der Waals surface area (Å²) in [5.74, 6) is -0.431. The molecule has 7 nitrogen and oxygen atoms in total. The number of hydrogen-bond acceptors (Lipinski definition) is 4. The lowest BCUT2D eigenvalue weighted by Crippen LogP contribution is -2.53. The first-order valence-corrected chi connectivity index (χ1v) is 9.83. The van der Waals surface area contributed by atoms with E-state index in [1.54, 1.807) is 4.90 Å². The molecular weight excluding hydrogens is 369 g/mol. The van der Waals surface area contributed by atoms with Crippen molar-refractivity contribution in [3.63, 3.8) is 0 Å². The van der Waals surface area contributed by atoms with Crippen LogP contribution in [-0.4, -0.2) is 53.0 Å². The van der Waals surface area contributed by atoms with Gasteiger partial charge in [-0.05, 0) is 36.0 Å². The third kappa shape index (κ3) is 6.07. The fourth-order valence-electron chi connectivity index (χ4n) is 3.45. The lowest BCUT2D eigenvalue weighted by molar-refractivity contribution is -0.122. The highest BCUT2D eigenvalue weighted by molar-refractivity contribution is 6.41. The van der Waals surface area contributed by atoms with E-state index in [1.165, 1.54) is 5.56 Å². The van der Waals surface area contributed by atoms with E-state index >= 15 is 0 Å². The minimum atomic E-state index is -1.64. The summed E-state index contributed by atoms with van der Waals surface area (Å²) in [6.07, 6.45) is 1.52. The Morgan fingerprint density at radius 2 is 1.72 bits per heavy atom. The average molecular weight is 395 g/mol. The van der Waals surface area contributed by atoms with Crippen molar-refractivity contribution in [2.24, 2.45) is 0 Å². The van der Waals surface area contributed by atoms with Crippen LogP contribution in [0, 0.1) is 0 Å². The minimum absolute atomic E-state index is 0.284. The Morgan fingerprint density at radius 1 is 1.03 bits per heavy atom. The van der Waals surface area contributed by atoms with Gasteiger partial charge in [0.1, 0.15) is 6.04 Å². The Labute approximate surface area is 170 Å². The molecule has 3 amide bonds. The third-order valence-corrected chi connectivity index (χ3v) is 5.06. The highest BCUT2D eigenvalue weighted by Crippen LogP contribution is 2.18. The molecule has 1 heterocycles. The molecule has 2 aromatic rings. The summed E-state index contributed by atoms with van der Waals surface area (Å²) in [7, 11) is -1.64. The molecule has 1 atom stereocenters. The number of carbonyl (C=O) groups is 2. The largest absolute Gasteiger partial charge is 0.472 e. The van der Waals surface area contributed by atoms with Gasteiger partial charge in [0, 0.05) is 13.1 Å². The maximum atomic E-state index is 12.8. The molecule has 0 aromatic heterocycles. The van der Waals surface area contributed by atoms with E-state index in [-0.39, 0.29) is 12.5 Å². The van der Waals surface area contributed by atoms with E-state index < -0.39 is 19.1 Å². The Bertz CT molecular complexity index is 832. The molecule has 0 aliphatic carbocycles. The second kappa shape index (κ2) is 10.1. The first-order valence-electron chi connectivity index (χ1n) is 9.83. The molecule has 0 saturated carbocycles. The van der Waals surface area contributed by atoms with Gasteiger partial charge < -0.3 is 25.6 Å². The van der Waals surface area contributed by atoms with Crippen molar-refractivity contribution in [3.8, 4) is 0 Å². The molecule has 1 aliphatic rings. The number of rotatable bonds is 7. The zero-order chi connectivity index (χ0) is 20.6. The molecule has 2 aromatic carbocycles. The number of carbonyl (C=O) groups excluding carboxylic acids is 2. The first-order chi connectivity index (χ1) is 14.0. The van der Waals surface area contributed by atoms with Crippen LogP contribution in [0.25, 0.3) is 0 Å². The molecule has 1 aliphatic heterocycles. The summed E-state index contributed by atoms with van der Waals surface area (Å²) < 4.78 is 0. The molecule has 0 saturated heterocycles. The number of amides is 3. The number of hydrogen-bond donors (Lipinski definition) is 4. The van der Waals surface area contributed by atoms with Crippen LogP contribution in [0.4, 0.5) is 4.79 Å². The van der Waals surface area contributed by atoms with E-state index in [2.05, 4.69) is 16.7 Å². The Hall–Kier alpha value is -2.84. The smallest absolute Gasteiger partial charge is 0.426 e. The van der Waals surface area contributed by atoms with Crippen LogP contribution in [0.15, 0.2) is 54.6 Å². The zero-order valence-corrected chi connectivity index (χ0v) is 16.3. The van der Waals surface area contributed by atoms with Gasteiger partial charge in [-0.15, -0.1) is 0 Å². The number of nitrogens with one attached hydrogen (secondary N) is 2. The number of benzene rings is 2. The van der Waals surface area contributed by atoms with Gasteiger partial charge in [0.15, 0.2) is 0 Å². The van der Waals surface area contributed by atoms with Gasteiger partial charge in [-0.25, -0.2) is 4.79 Å². The fourth-order valence-corrected chi connectivity index (χ4v) is 3.45. The number of nitrogens with zero attached hydrogens (tertiary/aromatic N) is 1. The second-order valence-electron chi connectivity index (χ2n) is 7.19. The zero-order valence-electron chi connectivity index (χ0n) is 16.3. The fraction of sp³-hybridized carbons (Fsp3) is 0.333. The van der Waals surface area contributed by atoms with Crippen LogP contribution < -0.4 is 10.6 Å². The molecule has 4 N–H and O–H groups in total. The van der Waals surface area contributed by atoms with E-state index in [1.807, 2.05) is 48.5 Å². The van der Waals surface area contributed by atoms with Gasteiger partial charge in [-0.3, -0.25) is 4.79 Å². The molecule has 29 heavy (non-hydrogen) atoms. The van der Waals surface area contributed by atoms with Crippen LogP contribution in [0.5, 0.6) is 0 Å². The van der Waals surface area contributed by atoms with Crippen molar-refractivity contribution in [1.82, 2.24) is 15.5 Å². The van der Waals surface area contributed by atoms with Crippen molar-refractivity contribution in [1.29, 1.82) is 0 Å². The lowest BCUT2D eigenvalue weighted by Gasteiger charge is -2.30. The van der Waals surface area contributed by atoms with E-state index in [0.29, 0.717) is 25.9 Å². The third-order valence-electron chi connectivity index (χ3n) is 5.06. The molecule has 0 fully saturated rings. The molecule has 0 radical (unpaired) electrons. The van der Waals surface area contributed by atoms with Gasteiger partial charge >= 0.3 is 13.1 Å². The quantitative estimate of drug-likeness (QED) is 0.523. The molecule has 8 heteroatoms. The lowest BCUT2D eigenvalue weighted by atomic mass is 9.92. The maximum Gasteiger partial charge on any atom is 0.472 e. The number of aryl methyl sites for hydroxylation is 1. The van der Waals surface area contributed by atoms with E-state index in [0.717, 1.165) is 17.5 Å². The number of fused-ring (bicyclic) bond motifs is 1. The first kappa shape index (κ1) is 20.9. The topological polar surface area (TPSA) is 102 Å². The Balaban J connectivity index is 1.63. The monoisotopic (exact) mass is 395 g/mol. The predicted molar refractivity (Wildman–Crippen MR) is 111 cm³/mol. The average Bonchev–Trinajstić information content (AvgIpc) is 2.75. The standard InChI is InChI=1S/C21H26BN3O4/c26-20(23-15-22(28)29)19(11-10-16-6-2-1-3-7-16)24-21(27)25-13-12-17-8-4-5-9-18(17)14-25/h1-9,19,28-29H,10-15H2,(H,23,26)(H,24,27). The normalized spacial score (nSPS) is 13.9. The van der Waals surface area contributed by atoms with Gasteiger partial charge in [0.25, 0.3) is 0 Å². The summed E-state index contributed by atoms with van der Waals surface area (Å²) in [4.78, 5) is 27.0. The van der Waals surface area contributed by atoms with Crippen molar-refractivity contribution < 1.29 is 19.6 Å². The van der Waals surface area contributed by atoms with Crippen LogP contribution in [0.3, 0.4) is 0 Å². The van der Waals surface area contributed by atoms with E-state index in [9.17, 15) is 9.59 Å². The summed E-state index contributed by atoms with van der Waals surface area (Å²) in [5, 5.41) is 23.3. The van der Waals surface area contributed by atoms with Crippen LogP contribution in [0.2, 0.25) is 0 Å². The Morgan fingerprint density at radius 3 is 2.45 bits per heavy atom. The van der Waals surface area contributed by atoms with Gasteiger partial charge in [-0.1, -0.05) is 54.6 Å². The van der Waals surface area contributed by atoms with Crippen LogP contribution >= 0.6 is 0 Å². The van der Waals surface area contributed by atoms with Gasteiger partial charge in [-0.2, -0.15) is 0 Å².